The summed E-state index contributed by atoms with van der Waals surface area (Å²) in [6.07, 6.45) is 6.76. The maximum absolute atomic E-state index is 5.05. The topological polar surface area (TPSA) is 24.5 Å². The highest BCUT2D eigenvalue weighted by molar-refractivity contribution is 4.62. The van der Waals surface area contributed by atoms with Crippen LogP contribution in [0.2, 0.25) is 0 Å². The fourth-order valence-electron chi connectivity index (χ4n) is 1.84. The van der Waals surface area contributed by atoms with Gasteiger partial charge in [0.1, 0.15) is 0 Å². The molecule has 0 bridgehead atoms. The second-order valence-electron chi connectivity index (χ2n) is 5.00. The van der Waals surface area contributed by atoms with E-state index in [2.05, 4.69) is 31.1 Å². The van der Waals surface area contributed by atoms with Crippen LogP contribution in [0.1, 0.15) is 46.0 Å². The zero-order valence-electron chi connectivity index (χ0n) is 12.3. The lowest BCUT2D eigenvalue weighted by Crippen LogP contribution is -2.35. The van der Waals surface area contributed by atoms with Crippen molar-refractivity contribution in [1.29, 1.82) is 0 Å². The van der Waals surface area contributed by atoms with Gasteiger partial charge in [0.25, 0.3) is 0 Å². The Labute approximate surface area is 108 Å². The molecule has 0 spiro atoms. The average molecular weight is 244 g/mol. The van der Waals surface area contributed by atoms with E-state index in [4.69, 9.17) is 4.74 Å². The number of nitrogens with one attached hydrogen (secondary N) is 1. The SMILES string of the molecule is CCCCCCC(C)NCCN(C)CCOC. The Morgan fingerprint density at radius 3 is 2.59 bits per heavy atom. The van der Waals surface area contributed by atoms with Crippen LogP contribution in [0, 0.1) is 0 Å². The van der Waals surface area contributed by atoms with Crippen LogP contribution in [0.15, 0.2) is 0 Å². The number of likely N-dealkylation sites (N-methyl/N-ethyl adjacent to an activating group) is 1. The van der Waals surface area contributed by atoms with Crippen LogP contribution in [0.4, 0.5) is 0 Å². The van der Waals surface area contributed by atoms with E-state index in [0.29, 0.717) is 6.04 Å². The lowest BCUT2D eigenvalue weighted by molar-refractivity contribution is 0.161. The third-order valence-corrected chi connectivity index (χ3v) is 3.15. The molecular weight excluding hydrogens is 212 g/mol. The molecule has 0 radical (unpaired) electrons. The van der Waals surface area contributed by atoms with Crippen molar-refractivity contribution in [3.63, 3.8) is 0 Å². The minimum absolute atomic E-state index is 0.655. The number of ether oxygens (including phenoxy) is 1. The molecule has 1 atom stereocenters. The van der Waals surface area contributed by atoms with E-state index in [-0.39, 0.29) is 0 Å². The van der Waals surface area contributed by atoms with Crippen molar-refractivity contribution in [1.82, 2.24) is 10.2 Å². The minimum Gasteiger partial charge on any atom is -0.383 e. The van der Waals surface area contributed by atoms with E-state index < -0.39 is 0 Å². The summed E-state index contributed by atoms with van der Waals surface area (Å²) in [5.74, 6) is 0. The highest BCUT2D eigenvalue weighted by Gasteiger charge is 2.02. The Morgan fingerprint density at radius 1 is 1.18 bits per heavy atom. The Bertz CT molecular complexity index is 153. The zero-order chi connectivity index (χ0) is 12.9. The Hall–Kier alpha value is -0.120. The molecule has 3 heteroatoms. The van der Waals surface area contributed by atoms with Gasteiger partial charge in [0, 0.05) is 32.8 Å². The van der Waals surface area contributed by atoms with Crippen molar-refractivity contribution in [2.24, 2.45) is 0 Å². The molecule has 0 aliphatic heterocycles. The third-order valence-electron chi connectivity index (χ3n) is 3.15. The normalized spacial score (nSPS) is 13.2. The molecular formula is C14H32N2O. The Balaban J connectivity index is 3.28. The minimum atomic E-state index is 0.655. The van der Waals surface area contributed by atoms with Crippen molar-refractivity contribution >= 4 is 0 Å². The van der Waals surface area contributed by atoms with E-state index in [0.717, 1.165) is 26.2 Å². The average Bonchev–Trinajstić information content (AvgIpc) is 2.32. The van der Waals surface area contributed by atoms with Crippen molar-refractivity contribution < 1.29 is 4.74 Å². The first-order chi connectivity index (χ1) is 8.20. The molecule has 3 nitrogen and oxygen atoms in total. The number of rotatable bonds is 12. The van der Waals surface area contributed by atoms with E-state index in [1.807, 2.05) is 0 Å². The number of hydrogen-bond donors (Lipinski definition) is 1. The molecule has 0 aromatic carbocycles. The van der Waals surface area contributed by atoms with Crippen molar-refractivity contribution in [3.05, 3.63) is 0 Å². The highest BCUT2D eigenvalue weighted by atomic mass is 16.5. The van der Waals surface area contributed by atoms with Gasteiger partial charge >= 0.3 is 0 Å². The van der Waals surface area contributed by atoms with Crippen LogP contribution in [0.25, 0.3) is 0 Å². The van der Waals surface area contributed by atoms with Gasteiger partial charge in [-0.3, -0.25) is 0 Å². The first-order valence-corrected chi connectivity index (χ1v) is 7.11. The molecule has 0 rings (SSSR count). The van der Waals surface area contributed by atoms with Gasteiger partial charge in [-0.05, 0) is 20.4 Å². The van der Waals surface area contributed by atoms with Crippen LogP contribution < -0.4 is 5.32 Å². The van der Waals surface area contributed by atoms with Gasteiger partial charge in [-0.15, -0.1) is 0 Å². The van der Waals surface area contributed by atoms with Crippen LogP contribution in [-0.4, -0.2) is 51.3 Å². The fourth-order valence-corrected chi connectivity index (χ4v) is 1.84. The molecule has 1 N–H and O–H groups in total. The maximum atomic E-state index is 5.05. The Morgan fingerprint density at radius 2 is 1.94 bits per heavy atom. The molecule has 0 saturated carbocycles. The maximum Gasteiger partial charge on any atom is 0.0589 e. The Kier molecular flexibility index (Phi) is 12.3. The van der Waals surface area contributed by atoms with Crippen LogP contribution in [0.5, 0.6) is 0 Å². The standard InChI is InChI=1S/C14H32N2O/c1-5-6-7-8-9-14(2)15-10-11-16(3)12-13-17-4/h14-15H,5-13H2,1-4H3. The number of unbranched alkanes of at least 4 members (excludes halogenated alkanes) is 3. The van der Waals surface area contributed by atoms with Gasteiger partial charge in [0.05, 0.1) is 6.61 Å². The number of nitrogens with zero attached hydrogens (tertiary/aromatic N) is 1. The molecule has 0 aromatic rings. The fraction of sp³-hybridized carbons (Fsp3) is 1.00. The van der Waals surface area contributed by atoms with Gasteiger partial charge < -0.3 is 15.0 Å². The molecule has 0 aliphatic rings. The zero-order valence-corrected chi connectivity index (χ0v) is 12.3. The first-order valence-electron chi connectivity index (χ1n) is 7.11. The number of hydrogen-bond acceptors (Lipinski definition) is 3. The summed E-state index contributed by atoms with van der Waals surface area (Å²) in [7, 11) is 3.90. The van der Waals surface area contributed by atoms with E-state index in [1.54, 1.807) is 7.11 Å². The molecule has 0 aromatic heterocycles. The van der Waals surface area contributed by atoms with Gasteiger partial charge in [-0.1, -0.05) is 32.6 Å². The van der Waals surface area contributed by atoms with Gasteiger partial charge in [0.15, 0.2) is 0 Å². The summed E-state index contributed by atoms with van der Waals surface area (Å²) in [6, 6.07) is 0.655. The van der Waals surface area contributed by atoms with Crippen LogP contribution in [-0.2, 0) is 4.74 Å². The van der Waals surface area contributed by atoms with E-state index in [9.17, 15) is 0 Å². The van der Waals surface area contributed by atoms with Crippen molar-refractivity contribution in [2.75, 3.05) is 40.4 Å². The largest absolute Gasteiger partial charge is 0.383 e. The van der Waals surface area contributed by atoms with E-state index in [1.165, 1.54) is 32.1 Å². The second-order valence-corrected chi connectivity index (χ2v) is 5.00. The molecule has 0 heterocycles. The predicted octanol–water partition coefficient (Wildman–Crippen LogP) is 2.51. The summed E-state index contributed by atoms with van der Waals surface area (Å²) >= 11 is 0. The first kappa shape index (κ1) is 16.9. The lowest BCUT2D eigenvalue weighted by Gasteiger charge is -2.19. The van der Waals surface area contributed by atoms with Crippen molar-refractivity contribution in [3.8, 4) is 0 Å². The summed E-state index contributed by atoms with van der Waals surface area (Å²) in [5.41, 5.74) is 0. The summed E-state index contributed by atoms with van der Waals surface area (Å²) in [4.78, 5) is 2.31. The predicted molar refractivity (Wildman–Crippen MR) is 75.6 cm³/mol. The van der Waals surface area contributed by atoms with Gasteiger partial charge in [0.2, 0.25) is 0 Å². The molecule has 17 heavy (non-hydrogen) atoms. The smallest absolute Gasteiger partial charge is 0.0589 e. The highest BCUT2D eigenvalue weighted by Crippen LogP contribution is 2.04. The third kappa shape index (κ3) is 12.1. The molecule has 0 amide bonds. The van der Waals surface area contributed by atoms with Crippen LogP contribution >= 0.6 is 0 Å². The summed E-state index contributed by atoms with van der Waals surface area (Å²) in [6.45, 7) is 8.57. The monoisotopic (exact) mass is 244 g/mol. The van der Waals surface area contributed by atoms with Gasteiger partial charge in [-0.25, -0.2) is 0 Å². The molecule has 0 aliphatic carbocycles. The summed E-state index contributed by atoms with van der Waals surface area (Å²) < 4.78 is 5.05. The van der Waals surface area contributed by atoms with Crippen LogP contribution in [0.3, 0.4) is 0 Å². The summed E-state index contributed by atoms with van der Waals surface area (Å²) in [5, 5.41) is 3.58. The lowest BCUT2D eigenvalue weighted by atomic mass is 10.1. The molecule has 104 valence electrons. The van der Waals surface area contributed by atoms with E-state index >= 15 is 0 Å². The molecule has 0 saturated heterocycles. The molecule has 1 unspecified atom stereocenters. The number of methoxy groups -OCH3 is 1. The molecule has 0 fully saturated rings. The van der Waals surface area contributed by atoms with Gasteiger partial charge in [-0.2, -0.15) is 0 Å². The quantitative estimate of drug-likeness (QED) is 0.534. The second kappa shape index (κ2) is 12.3. The van der Waals surface area contributed by atoms with Crippen molar-refractivity contribution in [2.45, 2.75) is 52.0 Å².